The Hall–Kier alpha value is -3.92. The number of carboxylic acids is 1. The second-order valence-electron chi connectivity index (χ2n) is 6.94. The van der Waals surface area contributed by atoms with Crippen LogP contribution in [0.15, 0.2) is 66.7 Å². The first-order chi connectivity index (χ1) is 15.2. The van der Waals surface area contributed by atoms with Crippen molar-refractivity contribution in [1.29, 1.82) is 0 Å². The summed E-state index contributed by atoms with van der Waals surface area (Å²) < 4.78 is 49.5. The summed E-state index contributed by atoms with van der Waals surface area (Å²) in [6.07, 6.45) is -4.50. The zero-order valence-corrected chi connectivity index (χ0v) is 17.1. The monoisotopic (exact) mass is 440 g/mol. The van der Waals surface area contributed by atoms with Crippen molar-refractivity contribution >= 4 is 5.97 Å². The maximum atomic E-state index is 12.6. The molecule has 0 spiro atoms. The van der Waals surface area contributed by atoms with Crippen molar-refractivity contribution in [3.05, 3.63) is 89.0 Å². The van der Waals surface area contributed by atoms with Crippen LogP contribution in [0.4, 0.5) is 13.2 Å². The molecule has 0 aliphatic heterocycles. The summed E-state index contributed by atoms with van der Waals surface area (Å²) in [5.74, 6) is 5.94. The standard InChI is InChI=1S/C25H19F3O4/c1-17-7-12-22(32-21-6-2-4-19(15-21)16-24(29)30)23(14-17)31-13-3-5-18-8-10-20(11-9-18)25(26,27)28/h2,4,6-12,14-15H,13,16H2,1H3,(H,29,30). The number of benzene rings is 3. The number of ether oxygens (including phenoxy) is 2. The molecular formula is C25H19F3O4. The van der Waals surface area contributed by atoms with Crippen molar-refractivity contribution in [1.82, 2.24) is 0 Å². The third kappa shape index (κ3) is 6.54. The summed E-state index contributed by atoms with van der Waals surface area (Å²) in [4.78, 5) is 10.9. The van der Waals surface area contributed by atoms with Crippen molar-refractivity contribution in [2.75, 3.05) is 6.61 Å². The van der Waals surface area contributed by atoms with E-state index in [1.165, 1.54) is 12.1 Å². The van der Waals surface area contributed by atoms with Gasteiger partial charge in [0.1, 0.15) is 12.4 Å². The number of hydrogen-bond donors (Lipinski definition) is 1. The third-order valence-corrected chi connectivity index (χ3v) is 4.33. The average Bonchev–Trinajstić information content (AvgIpc) is 2.72. The smallest absolute Gasteiger partial charge is 0.416 e. The Morgan fingerprint density at radius 3 is 2.44 bits per heavy atom. The minimum Gasteiger partial charge on any atom is -0.481 e. The number of carboxylic acid groups (broad SMARTS) is 1. The highest BCUT2D eigenvalue weighted by atomic mass is 19.4. The van der Waals surface area contributed by atoms with E-state index in [9.17, 15) is 18.0 Å². The molecule has 3 rings (SSSR count). The fourth-order valence-electron chi connectivity index (χ4n) is 2.83. The number of aliphatic carboxylic acids is 1. The van der Waals surface area contributed by atoms with Crippen molar-refractivity contribution < 1.29 is 32.5 Å². The van der Waals surface area contributed by atoms with Gasteiger partial charge in [0.25, 0.3) is 0 Å². The largest absolute Gasteiger partial charge is 0.481 e. The zero-order valence-electron chi connectivity index (χ0n) is 17.1. The molecule has 32 heavy (non-hydrogen) atoms. The molecule has 0 heterocycles. The molecule has 0 amide bonds. The lowest BCUT2D eigenvalue weighted by Gasteiger charge is -2.12. The van der Waals surface area contributed by atoms with E-state index in [4.69, 9.17) is 14.6 Å². The molecule has 0 radical (unpaired) electrons. The third-order valence-electron chi connectivity index (χ3n) is 4.33. The highest BCUT2D eigenvalue weighted by molar-refractivity contribution is 5.70. The summed E-state index contributed by atoms with van der Waals surface area (Å²) in [6.45, 7) is 1.89. The Morgan fingerprint density at radius 2 is 1.75 bits per heavy atom. The Morgan fingerprint density at radius 1 is 1.00 bits per heavy atom. The van der Waals surface area contributed by atoms with E-state index in [0.29, 0.717) is 28.4 Å². The second kappa shape index (κ2) is 9.92. The Labute approximate surface area is 183 Å². The quantitative estimate of drug-likeness (QED) is 0.488. The summed E-state index contributed by atoms with van der Waals surface area (Å²) in [6, 6.07) is 16.7. The molecule has 3 aromatic carbocycles. The number of aryl methyl sites for hydroxylation is 1. The first-order valence-electron chi connectivity index (χ1n) is 9.59. The minimum atomic E-state index is -4.39. The zero-order chi connectivity index (χ0) is 23.1. The van der Waals surface area contributed by atoms with Gasteiger partial charge in [-0.3, -0.25) is 4.79 Å². The van der Waals surface area contributed by atoms with Crippen LogP contribution < -0.4 is 9.47 Å². The van der Waals surface area contributed by atoms with Crippen LogP contribution in [0, 0.1) is 18.8 Å². The van der Waals surface area contributed by atoms with Gasteiger partial charge in [0, 0.05) is 5.56 Å². The molecule has 0 aromatic heterocycles. The summed E-state index contributed by atoms with van der Waals surface area (Å²) >= 11 is 0. The fourth-order valence-corrected chi connectivity index (χ4v) is 2.83. The van der Waals surface area contributed by atoms with Crippen LogP contribution in [0.25, 0.3) is 0 Å². The van der Waals surface area contributed by atoms with Gasteiger partial charge in [-0.25, -0.2) is 0 Å². The topological polar surface area (TPSA) is 55.8 Å². The van der Waals surface area contributed by atoms with Crippen LogP contribution in [0.5, 0.6) is 17.2 Å². The fraction of sp³-hybridized carbons (Fsp3) is 0.160. The van der Waals surface area contributed by atoms with Gasteiger partial charge in [-0.05, 0) is 66.6 Å². The maximum Gasteiger partial charge on any atom is 0.416 e. The van der Waals surface area contributed by atoms with E-state index in [1.54, 1.807) is 36.4 Å². The van der Waals surface area contributed by atoms with Crippen molar-refractivity contribution in [3.63, 3.8) is 0 Å². The molecule has 0 aliphatic rings. The Balaban J connectivity index is 1.69. The van der Waals surface area contributed by atoms with Crippen molar-refractivity contribution in [2.24, 2.45) is 0 Å². The molecule has 164 valence electrons. The van der Waals surface area contributed by atoms with Crippen LogP contribution in [-0.4, -0.2) is 17.7 Å². The van der Waals surface area contributed by atoms with Crippen LogP contribution >= 0.6 is 0 Å². The molecule has 0 bridgehead atoms. The summed E-state index contributed by atoms with van der Waals surface area (Å²) in [5.41, 5.74) is 1.25. The molecule has 0 atom stereocenters. The van der Waals surface area contributed by atoms with Crippen molar-refractivity contribution in [2.45, 2.75) is 19.5 Å². The molecule has 0 fully saturated rings. The predicted octanol–water partition coefficient (Wildman–Crippen LogP) is 5.86. The number of halogens is 3. The molecule has 1 N–H and O–H groups in total. The van der Waals surface area contributed by atoms with Gasteiger partial charge in [0.2, 0.25) is 0 Å². The van der Waals surface area contributed by atoms with Crippen molar-refractivity contribution in [3.8, 4) is 29.1 Å². The van der Waals surface area contributed by atoms with Gasteiger partial charge in [0.05, 0.1) is 12.0 Å². The van der Waals surface area contributed by atoms with E-state index in [2.05, 4.69) is 11.8 Å². The molecule has 0 saturated heterocycles. The number of hydrogen-bond acceptors (Lipinski definition) is 3. The highest BCUT2D eigenvalue weighted by Crippen LogP contribution is 2.33. The molecule has 7 heteroatoms. The molecule has 3 aromatic rings. The van der Waals surface area contributed by atoms with Gasteiger partial charge < -0.3 is 14.6 Å². The predicted molar refractivity (Wildman–Crippen MR) is 113 cm³/mol. The maximum absolute atomic E-state index is 12.6. The van der Waals surface area contributed by atoms with Gasteiger partial charge in [-0.1, -0.05) is 30.0 Å². The van der Waals surface area contributed by atoms with E-state index in [-0.39, 0.29) is 13.0 Å². The first-order valence-corrected chi connectivity index (χ1v) is 9.59. The molecular weight excluding hydrogens is 421 g/mol. The van der Waals surface area contributed by atoms with Crippen LogP contribution in [-0.2, 0) is 17.4 Å². The lowest BCUT2D eigenvalue weighted by atomic mass is 10.1. The first kappa shape index (κ1) is 22.8. The summed E-state index contributed by atoms with van der Waals surface area (Å²) in [5, 5.41) is 8.95. The van der Waals surface area contributed by atoms with Crippen LogP contribution in [0.1, 0.15) is 22.3 Å². The van der Waals surface area contributed by atoms with E-state index in [0.717, 1.165) is 17.7 Å². The Kier molecular flexibility index (Phi) is 7.06. The lowest BCUT2D eigenvalue weighted by Crippen LogP contribution is -2.04. The van der Waals surface area contributed by atoms with E-state index in [1.807, 2.05) is 13.0 Å². The SMILES string of the molecule is Cc1ccc(Oc2cccc(CC(=O)O)c2)c(OCC#Cc2ccc(C(F)(F)F)cc2)c1. The Bertz CT molecular complexity index is 1160. The normalized spacial score (nSPS) is 10.8. The van der Waals surface area contributed by atoms with Crippen LogP contribution in [0.2, 0.25) is 0 Å². The van der Waals surface area contributed by atoms with E-state index < -0.39 is 17.7 Å². The van der Waals surface area contributed by atoms with E-state index >= 15 is 0 Å². The lowest BCUT2D eigenvalue weighted by molar-refractivity contribution is -0.138. The minimum absolute atomic E-state index is 0.000110. The van der Waals surface area contributed by atoms with Gasteiger partial charge >= 0.3 is 12.1 Å². The summed E-state index contributed by atoms with van der Waals surface area (Å²) in [7, 11) is 0. The number of alkyl halides is 3. The second-order valence-corrected chi connectivity index (χ2v) is 6.94. The average molecular weight is 440 g/mol. The molecule has 0 saturated carbocycles. The number of rotatable bonds is 6. The highest BCUT2D eigenvalue weighted by Gasteiger charge is 2.29. The van der Waals surface area contributed by atoms with Gasteiger partial charge in [-0.15, -0.1) is 0 Å². The molecule has 4 nitrogen and oxygen atoms in total. The molecule has 0 aliphatic carbocycles. The van der Waals surface area contributed by atoms with Gasteiger partial charge in [-0.2, -0.15) is 13.2 Å². The molecule has 0 unspecified atom stereocenters. The van der Waals surface area contributed by atoms with Crippen LogP contribution in [0.3, 0.4) is 0 Å². The number of carbonyl (C=O) groups is 1. The van der Waals surface area contributed by atoms with Gasteiger partial charge in [0.15, 0.2) is 11.5 Å².